The highest BCUT2D eigenvalue weighted by atomic mass is 15.0. The normalized spacial score (nSPS) is 27.9. The number of rotatable bonds is 5. The zero-order valence-corrected chi connectivity index (χ0v) is 11.1. The highest BCUT2D eigenvalue weighted by Crippen LogP contribution is 2.37. The minimum atomic E-state index is 0.138. The second-order valence-corrected chi connectivity index (χ2v) is 5.34. The molecule has 1 saturated carbocycles. The lowest BCUT2D eigenvalue weighted by molar-refractivity contribution is 0.229. The van der Waals surface area contributed by atoms with Crippen LogP contribution in [0.1, 0.15) is 37.2 Å². The molecule has 2 nitrogen and oxygen atoms in total. The highest BCUT2D eigenvalue weighted by molar-refractivity contribution is 5.20. The van der Waals surface area contributed by atoms with Crippen LogP contribution in [0.25, 0.3) is 0 Å². The third-order valence-corrected chi connectivity index (χ3v) is 4.23. The van der Waals surface area contributed by atoms with E-state index in [-0.39, 0.29) is 5.54 Å². The van der Waals surface area contributed by atoms with Crippen LogP contribution in [0.2, 0.25) is 0 Å². The first kappa shape index (κ1) is 13.3. The van der Waals surface area contributed by atoms with E-state index in [9.17, 15) is 0 Å². The Morgan fingerprint density at radius 2 is 1.94 bits per heavy atom. The fraction of sp³-hybridized carbons (Fsp3) is 0.500. The molecule has 0 heterocycles. The average molecular weight is 244 g/mol. The second-order valence-electron chi connectivity index (χ2n) is 5.34. The van der Waals surface area contributed by atoms with Gasteiger partial charge in [-0.2, -0.15) is 0 Å². The maximum Gasteiger partial charge on any atom is 0.0307 e. The van der Waals surface area contributed by atoms with Crippen LogP contribution in [0.15, 0.2) is 43.0 Å². The lowest BCUT2D eigenvalue weighted by Gasteiger charge is -2.40. The average Bonchev–Trinajstić information content (AvgIpc) is 2.47. The summed E-state index contributed by atoms with van der Waals surface area (Å²) in [5, 5.41) is 3.56. The predicted molar refractivity (Wildman–Crippen MR) is 77.6 cm³/mol. The van der Waals surface area contributed by atoms with Gasteiger partial charge in [-0.05, 0) is 37.2 Å². The Bertz CT molecular complexity index is 364. The van der Waals surface area contributed by atoms with E-state index in [0.29, 0.717) is 5.92 Å². The van der Waals surface area contributed by atoms with Crippen LogP contribution < -0.4 is 11.1 Å². The molecule has 0 atom stereocenters. The minimum Gasteiger partial charge on any atom is -0.329 e. The van der Waals surface area contributed by atoms with Crippen molar-refractivity contribution < 1.29 is 0 Å². The molecule has 0 aliphatic heterocycles. The van der Waals surface area contributed by atoms with Gasteiger partial charge in [0.25, 0.3) is 0 Å². The van der Waals surface area contributed by atoms with Crippen molar-refractivity contribution in [3.63, 3.8) is 0 Å². The van der Waals surface area contributed by atoms with E-state index < -0.39 is 0 Å². The molecule has 1 aromatic rings. The van der Waals surface area contributed by atoms with Gasteiger partial charge >= 0.3 is 0 Å². The smallest absolute Gasteiger partial charge is 0.0307 e. The molecule has 18 heavy (non-hydrogen) atoms. The number of nitrogens with one attached hydrogen (secondary N) is 1. The van der Waals surface area contributed by atoms with E-state index in [0.717, 1.165) is 25.9 Å². The van der Waals surface area contributed by atoms with Crippen LogP contribution in [-0.2, 0) is 0 Å². The highest BCUT2D eigenvalue weighted by Gasteiger charge is 2.33. The van der Waals surface area contributed by atoms with E-state index >= 15 is 0 Å². The quantitative estimate of drug-likeness (QED) is 0.782. The van der Waals surface area contributed by atoms with Crippen molar-refractivity contribution in [2.75, 3.05) is 13.1 Å². The fourth-order valence-corrected chi connectivity index (χ4v) is 2.97. The third kappa shape index (κ3) is 3.01. The van der Waals surface area contributed by atoms with Crippen LogP contribution in [0.5, 0.6) is 0 Å². The molecule has 0 radical (unpaired) electrons. The van der Waals surface area contributed by atoms with Gasteiger partial charge in [0.1, 0.15) is 0 Å². The summed E-state index contributed by atoms with van der Waals surface area (Å²) in [5.41, 5.74) is 7.58. The molecule has 0 bridgehead atoms. The molecule has 0 unspecified atom stereocenters. The van der Waals surface area contributed by atoms with E-state index in [4.69, 9.17) is 5.73 Å². The summed E-state index contributed by atoms with van der Waals surface area (Å²) in [4.78, 5) is 0. The first-order chi connectivity index (χ1) is 8.79. The Morgan fingerprint density at radius 1 is 1.28 bits per heavy atom. The topological polar surface area (TPSA) is 38.0 Å². The van der Waals surface area contributed by atoms with Crippen LogP contribution >= 0.6 is 0 Å². The molecule has 3 N–H and O–H groups in total. The van der Waals surface area contributed by atoms with Gasteiger partial charge in [-0.25, -0.2) is 0 Å². The van der Waals surface area contributed by atoms with Crippen molar-refractivity contribution in [2.24, 2.45) is 5.73 Å². The monoisotopic (exact) mass is 244 g/mol. The van der Waals surface area contributed by atoms with Gasteiger partial charge in [-0.15, -0.1) is 6.58 Å². The van der Waals surface area contributed by atoms with Gasteiger partial charge in [0.05, 0.1) is 0 Å². The van der Waals surface area contributed by atoms with E-state index in [1.54, 1.807) is 0 Å². The molecule has 1 fully saturated rings. The lowest BCUT2D eigenvalue weighted by atomic mass is 9.74. The molecule has 1 aliphatic carbocycles. The molecule has 2 heteroatoms. The zero-order chi connectivity index (χ0) is 12.8. The largest absolute Gasteiger partial charge is 0.329 e. The van der Waals surface area contributed by atoms with Crippen LogP contribution in [0, 0.1) is 0 Å². The van der Waals surface area contributed by atoms with E-state index in [1.807, 2.05) is 6.08 Å². The van der Waals surface area contributed by atoms with Crippen molar-refractivity contribution in [3.05, 3.63) is 48.6 Å². The number of hydrogen-bond donors (Lipinski definition) is 2. The van der Waals surface area contributed by atoms with Crippen molar-refractivity contribution in [2.45, 2.75) is 37.1 Å². The lowest BCUT2D eigenvalue weighted by Crippen LogP contribution is -2.53. The molecule has 1 aliphatic rings. The summed E-state index contributed by atoms with van der Waals surface area (Å²) in [6.07, 6.45) is 6.70. The van der Waals surface area contributed by atoms with Gasteiger partial charge < -0.3 is 11.1 Å². The van der Waals surface area contributed by atoms with Crippen LogP contribution in [0.4, 0.5) is 0 Å². The summed E-state index contributed by atoms with van der Waals surface area (Å²) in [7, 11) is 0. The Balaban J connectivity index is 1.96. The van der Waals surface area contributed by atoms with Gasteiger partial charge in [-0.1, -0.05) is 36.4 Å². The number of nitrogens with two attached hydrogens (primary N) is 1. The van der Waals surface area contributed by atoms with E-state index in [1.165, 1.54) is 18.4 Å². The Morgan fingerprint density at radius 3 is 2.50 bits per heavy atom. The Hall–Kier alpha value is -1.12. The molecule has 1 aromatic carbocycles. The van der Waals surface area contributed by atoms with E-state index in [2.05, 4.69) is 42.2 Å². The van der Waals surface area contributed by atoms with Crippen molar-refractivity contribution in [3.8, 4) is 0 Å². The number of benzene rings is 1. The first-order valence-electron chi connectivity index (χ1n) is 6.90. The molecule has 0 spiro atoms. The molecule has 98 valence electrons. The zero-order valence-electron chi connectivity index (χ0n) is 11.1. The summed E-state index contributed by atoms with van der Waals surface area (Å²) in [6, 6.07) is 10.9. The standard InChI is InChI=1S/C16H24N2/c1-2-12-18-16(13-17)10-8-15(9-11-16)14-6-4-3-5-7-14/h2-7,15,18H,1,8-13,17H2. The maximum atomic E-state index is 5.97. The van der Waals surface area contributed by atoms with Crippen molar-refractivity contribution in [1.82, 2.24) is 5.32 Å². The molecule has 2 rings (SSSR count). The molecule has 0 saturated heterocycles. The Kier molecular flexibility index (Phi) is 4.56. The molecular formula is C16H24N2. The van der Waals surface area contributed by atoms with Gasteiger partial charge in [0.15, 0.2) is 0 Å². The maximum absolute atomic E-state index is 5.97. The van der Waals surface area contributed by atoms with Crippen LogP contribution in [0.3, 0.4) is 0 Å². The van der Waals surface area contributed by atoms with Gasteiger partial charge in [0, 0.05) is 18.6 Å². The van der Waals surface area contributed by atoms with Gasteiger partial charge in [0.2, 0.25) is 0 Å². The third-order valence-electron chi connectivity index (χ3n) is 4.23. The minimum absolute atomic E-state index is 0.138. The summed E-state index contributed by atoms with van der Waals surface area (Å²) < 4.78 is 0. The van der Waals surface area contributed by atoms with Crippen molar-refractivity contribution in [1.29, 1.82) is 0 Å². The van der Waals surface area contributed by atoms with Crippen molar-refractivity contribution >= 4 is 0 Å². The number of hydrogen-bond acceptors (Lipinski definition) is 2. The molecule has 0 amide bonds. The fourth-order valence-electron chi connectivity index (χ4n) is 2.97. The SMILES string of the molecule is C=CCNC1(CN)CCC(c2ccccc2)CC1. The summed E-state index contributed by atoms with van der Waals surface area (Å²) in [6.45, 7) is 5.35. The predicted octanol–water partition coefficient (Wildman–Crippen LogP) is 2.82. The summed E-state index contributed by atoms with van der Waals surface area (Å²) in [5.74, 6) is 0.705. The van der Waals surface area contributed by atoms with Gasteiger partial charge in [-0.3, -0.25) is 0 Å². The van der Waals surface area contributed by atoms with Crippen LogP contribution in [-0.4, -0.2) is 18.6 Å². The summed E-state index contributed by atoms with van der Waals surface area (Å²) >= 11 is 0. The second kappa shape index (κ2) is 6.17. The first-order valence-corrected chi connectivity index (χ1v) is 6.90. The molecular weight excluding hydrogens is 220 g/mol. The molecule has 0 aromatic heterocycles. The Labute approximate surface area is 110 Å².